The zero-order valence-corrected chi connectivity index (χ0v) is 13.8. The number of aromatic nitrogens is 1. The number of hydrogen-bond acceptors (Lipinski definition) is 6. The van der Waals surface area contributed by atoms with Crippen molar-refractivity contribution >= 4 is 29.0 Å². The zero-order chi connectivity index (χ0) is 15.0. The average Bonchev–Trinajstić information content (AvgIpc) is 2.80. The van der Waals surface area contributed by atoms with Gasteiger partial charge >= 0.3 is 0 Å². The van der Waals surface area contributed by atoms with Crippen molar-refractivity contribution in [1.29, 1.82) is 0 Å². The molecule has 1 heterocycles. The van der Waals surface area contributed by atoms with Crippen LogP contribution in [0, 0.1) is 6.92 Å². The Morgan fingerprint density at radius 2 is 2.40 bits per heavy atom. The number of carbonyl (C=O) groups is 1. The SMILES string of the molecule is COCC(O)CN(C)C(=O)CCSCc1csc(C)n1. The Hall–Kier alpha value is -0.630. The lowest BCUT2D eigenvalue weighted by molar-refractivity contribution is -0.131. The van der Waals surface area contributed by atoms with E-state index in [9.17, 15) is 9.90 Å². The minimum absolute atomic E-state index is 0.0436. The summed E-state index contributed by atoms with van der Waals surface area (Å²) >= 11 is 3.35. The standard InChI is InChI=1S/C13H22N2O3S2/c1-10-14-11(9-20-10)8-19-5-4-13(17)15(2)6-12(16)7-18-3/h9,12,16H,4-8H2,1-3H3. The van der Waals surface area contributed by atoms with Gasteiger partial charge in [0.1, 0.15) is 0 Å². The van der Waals surface area contributed by atoms with E-state index >= 15 is 0 Å². The highest BCUT2D eigenvalue weighted by Gasteiger charge is 2.13. The molecule has 1 atom stereocenters. The van der Waals surface area contributed by atoms with Gasteiger partial charge in [0.15, 0.2) is 0 Å². The van der Waals surface area contributed by atoms with E-state index in [2.05, 4.69) is 10.4 Å². The second-order valence-electron chi connectivity index (χ2n) is 4.54. The quantitative estimate of drug-likeness (QED) is 0.700. The van der Waals surface area contributed by atoms with Gasteiger partial charge in [0.05, 0.1) is 23.4 Å². The minimum atomic E-state index is -0.625. The molecule has 20 heavy (non-hydrogen) atoms. The van der Waals surface area contributed by atoms with Crippen LogP contribution in [0.5, 0.6) is 0 Å². The fourth-order valence-corrected chi connectivity index (χ4v) is 3.20. The molecule has 0 saturated heterocycles. The summed E-state index contributed by atoms with van der Waals surface area (Å²) in [5.74, 6) is 1.65. The summed E-state index contributed by atoms with van der Waals surface area (Å²) in [7, 11) is 3.23. The summed E-state index contributed by atoms with van der Waals surface area (Å²) in [4.78, 5) is 17.8. The lowest BCUT2D eigenvalue weighted by Crippen LogP contribution is -2.36. The van der Waals surface area contributed by atoms with E-state index in [0.29, 0.717) is 13.0 Å². The zero-order valence-electron chi connectivity index (χ0n) is 12.2. The van der Waals surface area contributed by atoms with Crippen molar-refractivity contribution in [2.75, 3.05) is 33.1 Å². The molecule has 0 aliphatic rings. The van der Waals surface area contributed by atoms with Crippen LogP contribution in [0.3, 0.4) is 0 Å². The number of aliphatic hydroxyl groups is 1. The van der Waals surface area contributed by atoms with Crippen LogP contribution < -0.4 is 0 Å². The lowest BCUT2D eigenvalue weighted by atomic mass is 10.3. The van der Waals surface area contributed by atoms with Crippen LogP contribution >= 0.6 is 23.1 Å². The summed E-state index contributed by atoms with van der Waals surface area (Å²) in [6, 6.07) is 0. The molecule has 1 amide bonds. The van der Waals surface area contributed by atoms with Crippen molar-refractivity contribution in [2.24, 2.45) is 0 Å². The Balaban J connectivity index is 2.15. The number of methoxy groups -OCH3 is 1. The van der Waals surface area contributed by atoms with E-state index < -0.39 is 6.10 Å². The topological polar surface area (TPSA) is 62.7 Å². The molecule has 1 rings (SSSR count). The van der Waals surface area contributed by atoms with Gasteiger partial charge in [-0.2, -0.15) is 11.8 Å². The molecule has 0 bridgehead atoms. The summed E-state index contributed by atoms with van der Waals surface area (Å²) < 4.78 is 4.84. The number of rotatable bonds is 9. The van der Waals surface area contributed by atoms with Gasteiger partial charge in [-0.25, -0.2) is 4.98 Å². The van der Waals surface area contributed by atoms with E-state index in [0.717, 1.165) is 22.2 Å². The molecule has 1 unspecified atom stereocenters. The molecule has 1 aromatic rings. The number of hydrogen-bond donors (Lipinski definition) is 1. The Morgan fingerprint density at radius 3 is 3.00 bits per heavy atom. The average molecular weight is 318 g/mol. The van der Waals surface area contributed by atoms with Crippen molar-refractivity contribution in [2.45, 2.75) is 25.2 Å². The van der Waals surface area contributed by atoms with E-state index in [1.54, 1.807) is 35.0 Å². The van der Waals surface area contributed by atoms with Crippen LogP contribution in [-0.4, -0.2) is 60.1 Å². The molecule has 0 radical (unpaired) electrons. The smallest absolute Gasteiger partial charge is 0.223 e. The Bertz CT molecular complexity index is 412. The van der Waals surface area contributed by atoms with Gasteiger partial charge in [-0.3, -0.25) is 4.79 Å². The van der Waals surface area contributed by atoms with Crippen LogP contribution in [0.25, 0.3) is 0 Å². The predicted octanol–water partition coefficient (Wildman–Crippen LogP) is 1.54. The number of amides is 1. The molecule has 1 aromatic heterocycles. The second-order valence-corrected chi connectivity index (χ2v) is 6.71. The van der Waals surface area contributed by atoms with E-state index in [1.807, 2.05) is 6.92 Å². The van der Waals surface area contributed by atoms with E-state index in [4.69, 9.17) is 4.74 Å². The van der Waals surface area contributed by atoms with Gasteiger partial charge in [0.25, 0.3) is 0 Å². The third kappa shape index (κ3) is 6.69. The number of aryl methyl sites for hydroxylation is 1. The van der Waals surface area contributed by atoms with Gasteiger partial charge < -0.3 is 14.7 Å². The molecule has 0 aromatic carbocycles. The Labute approximate surface area is 128 Å². The summed E-state index contributed by atoms with van der Waals surface area (Å²) in [5, 5.41) is 12.7. The molecular formula is C13H22N2O3S2. The first-order valence-corrected chi connectivity index (χ1v) is 8.46. The first kappa shape index (κ1) is 17.4. The number of nitrogens with zero attached hydrogens (tertiary/aromatic N) is 2. The largest absolute Gasteiger partial charge is 0.389 e. The van der Waals surface area contributed by atoms with Crippen LogP contribution in [-0.2, 0) is 15.3 Å². The normalized spacial score (nSPS) is 12.4. The summed E-state index contributed by atoms with van der Waals surface area (Å²) in [6.07, 6.45) is -0.149. The molecule has 0 fully saturated rings. The first-order chi connectivity index (χ1) is 9.52. The van der Waals surface area contributed by atoms with Crippen LogP contribution in [0.15, 0.2) is 5.38 Å². The van der Waals surface area contributed by atoms with Crippen LogP contribution in [0.4, 0.5) is 0 Å². The first-order valence-electron chi connectivity index (χ1n) is 6.42. The summed E-state index contributed by atoms with van der Waals surface area (Å²) in [6.45, 7) is 2.54. The minimum Gasteiger partial charge on any atom is -0.389 e. The maximum Gasteiger partial charge on any atom is 0.223 e. The lowest BCUT2D eigenvalue weighted by Gasteiger charge is -2.20. The molecule has 7 heteroatoms. The Morgan fingerprint density at radius 1 is 1.65 bits per heavy atom. The maximum absolute atomic E-state index is 11.8. The van der Waals surface area contributed by atoms with Gasteiger partial charge in [0, 0.05) is 44.0 Å². The van der Waals surface area contributed by atoms with E-state index in [-0.39, 0.29) is 12.5 Å². The molecule has 114 valence electrons. The van der Waals surface area contributed by atoms with E-state index in [1.165, 1.54) is 7.11 Å². The van der Waals surface area contributed by atoms with Crippen molar-refractivity contribution in [3.05, 3.63) is 16.1 Å². The molecule has 0 aliphatic heterocycles. The molecule has 1 N–H and O–H groups in total. The van der Waals surface area contributed by atoms with Crippen molar-refractivity contribution in [3.63, 3.8) is 0 Å². The van der Waals surface area contributed by atoms with Crippen LogP contribution in [0.1, 0.15) is 17.1 Å². The molecule has 0 saturated carbocycles. The fraction of sp³-hybridized carbons (Fsp3) is 0.692. The third-order valence-corrected chi connectivity index (χ3v) is 4.46. The number of carbonyl (C=O) groups excluding carboxylic acids is 1. The highest BCUT2D eigenvalue weighted by atomic mass is 32.2. The third-order valence-electron chi connectivity index (χ3n) is 2.65. The highest BCUT2D eigenvalue weighted by Crippen LogP contribution is 2.16. The summed E-state index contributed by atoms with van der Waals surface area (Å²) in [5.41, 5.74) is 1.08. The maximum atomic E-state index is 11.8. The van der Waals surface area contributed by atoms with Crippen LogP contribution in [0.2, 0.25) is 0 Å². The number of likely N-dealkylation sites (N-methyl/N-ethyl adjacent to an activating group) is 1. The van der Waals surface area contributed by atoms with Gasteiger partial charge in [0.2, 0.25) is 5.91 Å². The molecule has 5 nitrogen and oxygen atoms in total. The second kappa shape index (κ2) is 9.33. The Kier molecular flexibility index (Phi) is 8.13. The number of thioether (sulfide) groups is 1. The molecule has 0 spiro atoms. The number of thiazole rings is 1. The monoisotopic (exact) mass is 318 g/mol. The van der Waals surface area contributed by atoms with Crippen molar-refractivity contribution in [3.8, 4) is 0 Å². The van der Waals surface area contributed by atoms with Crippen molar-refractivity contribution < 1.29 is 14.6 Å². The number of ether oxygens (including phenoxy) is 1. The van der Waals surface area contributed by atoms with Gasteiger partial charge in [-0.1, -0.05) is 0 Å². The molecule has 0 aliphatic carbocycles. The van der Waals surface area contributed by atoms with Gasteiger partial charge in [-0.15, -0.1) is 11.3 Å². The highest BCUT2D eigenvalue weighted by molar-refractivity contribution is 7.98. The predicted molar refractivity (Wildman–Crippen MR) is 83.1 cm³/mol. The fourth-order valence-electron chi connectivity index (χ4n) is 1.66. The number of aliphatic hydroxyl groups excluding tert-OH is 1. The molecular weight excluding hydrogens is 296 g/mol. The van der Waals surface area contributed by atoms with Crippen molar-refractivity contribution in [1.82, 2.24) is 9.88 Å². The van der Waals surface area contributed by atoms with Gasteiger partial charge in [-0.05, 0) is 6.92 Å².